The van der Waals surface area contributed by atoms with Gasteiger partial charge >= 0.3 is 0 Å². The highest BCUT2D eigenvalue weighted by molar-refractivity contribution is 5.80. The summed E-state index contributed by atoms with van der Waals surface area (Å²) in [5, 5.41) is 2.90. The second kappa shape index (κ2) is 5.87. The Hall–Kier alpha value is -1.55. The van der Waals surface area contributed by atoms with E-state index in [4.69, 9.17) is 10.5 Å². The number of nitrogens with two attached hydrogens (primary N) is 1. The van der Waals surface area contributed by atoms with Crippen molar-refractivity contribution < 1.29 is 9.53 Å². The van der Waals surface area contributed by atoms with Crippen molar-refractivity contribution >= 4 is 11.6 Å². The number of amides is 1. The van der Waals surface area contributed by atoms with E-state index in [9.17, 15) is 4.79 Å². The van der Waals surface area contributed by atoms with Crippen LogP contribution in [-0.2, 0) is 16.0 Å². The van der Waals surface area contributed by atoms with Crippen LogP contribution in [0.15, 0.2) is 18.2 Å². The minimum Gasteiger partial charge on any atom is -0.398 e. The van der Waals surface area contributed by atoms with Gasteiger partial charge in [-0.3, -0.25) is 4.79 Å². The molecule has 1 fully saturated rings. The molecule has 0 saturated carbocycles. The maximum absolute atomic E-state index is 11.8. The molecule has 2 rings (SSSR count). The van der Waals surface area contributed by atoms with Crippen molar-refractivity contribution in [3.05, 3.63) is 29.3 Å². The van der Waals surface area contributed by atoms with Crippen molar-refractivity contribution in [1.82, 2.24) is 5.32 Å². The minimum atomic E-state index is 0.00259. The smallest absolute Gasteiger partial charge is 0.224 e. The number of carbonyl (C=O) groups is 1. The van der Waals surface area contributed by atoms with Crippen LogP contribution >= 0.6 is 0 Å². The van der Waals surface area contributed by atoms with E-state index < -0.39 is 0 Å². The molecule has 0 spiro atoms. The Kier molecular flexibility index (Phi) is 4.20. The van der Waals surface area contributed by atoms with Crippen LogP contribution in [0.5, 0.6) is 0 Å². The lowest BCUT2D eigenvalue weighted by molar-refractivity contribution is -0.120. The van der Waals surface area contributed by atoms with Crippen LogP contribution in [0.4, 0.5) is 5.69 Å². The van der Waals surface area contributed by atoms with Crippen molar-refractivity contribution in [2.24, 2.45) is 0 Å². The summed E-state index contributed by atoms with van der Waals surface area (Å²) >= 11 is 0. The molecule has 4 nitrogen and oxygen atoms in total. The van der Waals surface area contributed by atoms with E-state index in [2.05, 4.69) is 5.32 Å². The van der Waals surface area contributed by atoms with Crippen LogP contribution in [0.1, 0.15) is 24.0 Å². The fourth-order valence-electron chi connectivity index (χ4n) is 2.16. The van der Waals surface area contributed by atoms with Crippen LogP contribution < -0.4 is 11.1 Å². The summed E-state index contributed by atoms with van der Waals surface area (Å²) in [7, 11) is 0. The molecule has 0 bridgehead atoms. The molecule has 4 heteroatoms. The molecule has 1 aromatic carbocycles. The first kappa shape index (κ1) is 12.9. The summed E-state index contributed by atoms with van der Waals surface area (Å²) in [4.78, 5) is 11.8. The Morgan fingerprint density at radius 3 is 3.11 bits per heavy atom. The molecule has 1 heterocycles. The zero-order chi connectivity index (χ0) is 13.0. The molecule has 0 radical (unpaired) electrons. The van der Waals surface area contributed by atoms with E-state index in [-0.39, 0.29) is 12.0 Å². The molecule has 1 aromatic rings. The fraction of sp³-hybridized carbons (Fsp3) is 0.500. The van der Waals surface area contributed by atoms with Gasteiger partial charge in [-0.15, -0.1) is 0 Å². The Balaban J connectivity index is 1.84. The van der Waals surface area contributed by atoms with Crippen molar-refractivity contribution in [2.45, 2.75) is 32.3 Å². The lowest BCUT2D eigenvalue weighted by Gasteiger charge is -2.11. The Morgan fingerprint density at radius 2 is 2.39 bits per heavy atom. The number of hydrogen-bond donors (Lipinski definition) is 2. The van der Waals surface area contributed by atoms with Crippen LogP contribution in [0.3, 0.4) is 0 Å². The lowest BCUT2D eigenvalue weighted by Crippen LogP contribution is -2.32. The van der Waals surface area contributed by atoms with Gasteiger partial charge in [-0.2, -0.15) is 0 Å². The Morgan fingerprint density at radius 1 is 1.56 bits per heavy atom. The summed E-state index contributed by atoms with van der Waals surface area (Å²) in [5.74, 6) is 0.00259. The molecule has 1 aliphatic rings. The Bertz CT molecular complexity index is 426. The molecule has 0 aromatic heterocycles. The monoisotopic (exact) mass is 248 g/mol. The number of benzene rings is 1. The summed E-state index contributed by atoms with van der Waals surface area (Å²) in [6, 6.07) is 5.75. The van der Waals surface area contributed by atoms with Crippen LogP contribution in [0.2, 0.25) is 0 Å². The number of nitrogen functional groups attached to an aromatic ring is 1. The van der Waals surface area contributed by atoms with E-state index in [1.807, 2.05) is 25.1 Å². The number of hydrogen-bond acceptors (Lipinski definition) is 3. The number of rotatable bonds is 4. The van der Waals surface area contributed by atoms with Crippen molar-refractivity contribution in [2.75, 3.05) is 18.9 Å². The number of carbonyl (C=O) groups excluding carboxylic acids is 1. The topological polar surface area (TPSA) is 64.4 Å². The first-order chi connectivity index (χ1) is 8.65. The van der Waals surface area contributed by atoms with Gasteiger partial charge in [0.25, 0.3) is 0 Å². The molecular formula is C14H20N2O2. The fourth-order valence-corrected chi connectivity index (χ4v) is 2.16. The summed E-state index contributed by atoms with van der Waals surface area (Å²) in [6.07, 6.45) is 2.64. The lowest BCUT2D eigenvalue weighted by atomic mass is 10.1. The van der Waals surface area contributed by atoms with Gasteiger partial charge in [0, 0.05) is 18.8 Å². The first-order valence-corrected chi connectivity index (χ1v) is 6.38. The average molecular weight is 248 g/mol. The normalized spacial score (nSPS) is 18.8. The van der Waals surface area contributed by atoms with E-state index in [0.29, 0.717) is 18.7 Å². The van der Waals surface area contributed by atoms with Crippen LogP contribution in [0.25, 0.3) is 0 Å². The highest BCUT2D eigenvalue weighted by atomic mass is 16.5. The van der Waals surface area contributed by atoms with Gasteiger partial charge in [-0.25, -0.2) is 0 Å². The predicted molar refractivity (Wildman–Crippen MR) is 71.3 cm³/mol. The highest BCUT2D eigenvalue weighted by Crippen LogP contribution is 2.14. The van der Waals surface area contributed by atoms with Gasteiger partial charge in [0.1, 0.15) is 0 Å². The van der Waals surface area contributed by atoms with Gasteiger partial charge in [0.2, 0.25) is 5.91 Å². The van der Waals surface area contributed by atoms with Gasteiger partial charge in [0.15, 0.2) is 0 Å². The molecule has 0 aliphatic carbocycles. The third-order valence-electron chi connectivity index (χ3n) is 3.20. The second-order valence-corrected chi connectivity index (χ2v) is 4.82. The van der Waals surface area contributed by atoms with Crippen LogP contribution in [0, 0.1) is 6.92 Å². The van der Waals surface area contributed by atoms with E-state index in [1.165, 1.54) is 0 Å². The SMILES string of the molecule is Cc1ccc(N)c(CC(=O)NC[C@H]2CCCO2)c1. The van der Waals surface area contributed by atoms with Crippen molar-refractivity contribution in [3.63, 3.8) is 0 Å². The number of aryl methyl sites for hydroxylation is 1. The quantitative estimate of drug-likeness (QED) is 0.792. The van der Waals surface area contributed by atoms with E-state index in [1.54, 1.807) is 0 Å². The van der Waals surface area contributed by atoms with Gasteiger partial charge in [-0.05, 0) is 31.4 Å². The largest absolute Gasteiger partial charge is 0.398 e. The highest BCUT2D eigenvalue weighted by Gasteiger charge is 2.16. The molecule has 1 saturated heterocycles. The molecular weight excluding hydrogens is 228 g/mol. The molecule has 18 heavy (non-hydrogen) atoms. The summed E-state index contributed by atoms with van der Waals surface area (Å²) in [5.41, 5.74) is 8.53. The van der Waals surface area contributed by atoms with Gasteiger partial charge in [-0.1, -0.05) is 17.7 Å². The molecule has 0 unspecified atom stereocenters. The standard InChI is InChI=1S/C14H20N2O2/c1-10-4-5-13(15)11(7-10)8-14(17)16-9-12-3-2-6-18-12/h4-5,7,12H,2-3,6,8-9,15H2,1H3,(H,16,17)/t12-/m1/s1. The molecule has 1 atom stereocenters. The number of nitrogens with one attached hydrogen (secondary N) is 1. The second-order valence-electron chi connectivity index (χ2n) is 4.82. The minimum absolute atomic E-state index is 0.00259. The van der Waals surface area contributed by atoms with E-state index >= 15 is 0 Å². The average Bonchev–Trinajstić information content (AvgIpc) is 2.84. The van der Waals surface area contributed by atoms with E-state index in [0.717, 1.165) is 30.6 Å². The number of anilines is 1. The zero-order valence-corrected chi connectivity index (χ0v) is 10.7. The number of ether oxygens (including phenoxy) is 1. The molecule has 1 amide bonds. The summed E-state index contributed by atoms with van der Waals surface area (Å²) < 4.78 is 5.46. The molecule has 98 valence electrons. The zero-order valence-electron chi connectivity index (χ0n) is 10.7. The van der Waals surface area contributed by atoms with Crippen molar-refractivity contribution in [3.8, 4) is 0 Å². The first-order valence-electron chi connectivity index (χ1n) is 6.38. The molecule has 3 N–H and O–H groups in total. The van der Waals surface area contributed by atoms with Gasteiger partial charge in [0.05, 0.1) is 12.5 Å². The van der Waals surface area contributed by atoms with Crippen molar-refractivity contribution in [1.29, 1.82) is 0 Å². The Labute approximate surface area is 108 Å². The third kappa shape index (κ3) is 3.47. The molecule has 1 aliphatic heterocycles. The predicted octanol–water partition coefficient (Wildman–Crippen LogP) is 1.41. The third-order valence-corrected chi connectivity index (χ3v) is 3.20. The van der Waals surface area contributed by atoms with Gasteiger partial charge < -0.3 is 15.8 Å². The van der Waals surface area contributed by atoms with Crippen LogP contribution in [-0.4, -0.2) is 25.2 Å². The summed E-state index contributed by atoms with van der Waals surface area (Å²) in [6.45, 7) is 3.41. The maximum Gasteiger partial charge on any atom is 0.224 e. The maximum atomic E-state index is 11.8.